The van der Waals surface area contributed by atoms with E-state index < -0.39 is 0 Å². The SMILES string of the molecule is CC1CC1C(N)Cc1ccc(F)c(Cl)c1. The van der Waals surface area contributed by atoms with Gasteiger partial charge in [-0.1, -0.05) is 24.6 Å². The fraction of sp³-hybridized carbons (Fsp3) is 0.500. The standard InChI is InChI=1S/C12H15ClFN/c1-7-4-9(7)12(15)6-8-2-3-11(14)10(13)5-8/h2-3,5,7,9,12H,4,6,15H2,1H3. The van der Waals surface area contributed by atoms with Crippen molar-refractivity contribution in [2.24, 2.45) is 17.6 Å². The highest BCUT2D eigenvalue weighted by Gasteiger charge is 2.37. The topological polar surface area (TPSA) is 26.0 Å². The molecule has 1 aromatic carbocycles. The van der Waals surface area contributed by atoms with E-state index in [2.05, 4.69) is 6.92 Å². The van der Waals surface area contributed by atoms with Crippen LogP contribution in [0.3, 0.4) is 0 Å². The van der Waals surface area contributed by atoms with E-state index in [1.54, 1.807) is 12.1 Å². The van der Waals surface area contributed by atoms with Crippen molar-refractivity contribution < 1.29 is 4.39 Å². The van der Waals surface area contributed by atoms with Gasteiger partial charge in [0.05, 0.1) is 5.02 Å². The van der Waals surface area contributed by atoms with Gasteiger partial charge in [0.2, 0.25) is 0 Å². The summed E-state index contributed by atoms with van der Waals surface area (Å²) in [5.41, 5.74) is 7.07. The van der Waals surface area contributed by atoms with Crippen molar-refractivity contribution in [3.8, 4) is 0 Å². The van der Waals surface area contributed by atoms with E-state index in [4.69, 9.17) is 17.3 Å². The van der Waals surface area contributed by atoms with Gasteiger partial charge < -0.3 is 5.73 Å². The zero-order chi connectivity index (χ0) is 11.0. The van der Waals surface area contributed by atoms with Crippen molar-refractivity contribution >= 4 is 11.6 Å². The quantitative estimate of drug-likeness (QED) is 0.844. The molecule has 1 saturated carbocycles. The van der Waals surface area contributed by atoms with Crippen LogP contribution in [0.15, 0.2) is 18.2 Å². The first kappa shape index (κ1) is 10.9. The van der Waals surface area contributed by atoms with E-state index in [0.717, 1.165) is 17.9 Å². The second-order valence-corrected chi connectivity index (χ2v) is 4.90. The van der Waals surface area contributed by atoms with Gasteiger partial charge in [0.1, 0.15) is 5.82 Å². The minimum atomic E-state index is -0.367. The van der Waals surface area contributed by atoms with Crippen LogP contribution in [-0.2, 0) is 6.42 Å². The Kier molecular flexibility index (Phi) is 2.98. The lowest BCUT2D eigenvalue weighted by Gasteiger charge is -2.11. The second-order valence-electron chi connectivity index (χ2n) is 4.49. The zero-order valence-corrected chi connectivity index (χ0v) is 9.47. The minimum Gasteiger partial charge on any atom is -0.327 e. The Hall–Kier alpha value is -0.600. The molecule has 2 N–H and O–H groups in total. The molecule has 1 nitrogen and oxygen atoms in total. The van der Waals surface area contributed by atoms with Gasteiger partial charge in [0, 0.05) is 6.04 Å². The van der Waals surface area contributed by atoms with Gasteiger partial charge in [0.25, 0.3) is 0 Å². The van der Waals surface area contributed by atoms with Crippen molar-refractivity contribution in [1.82, 2.24) is 0 Å². The van der Waals surface area contributed by atoms with Gasteiger partial charge in [0.15, 0.2) is 0 Å². The largest absolute Gasteiger partial charge is 0.327 e. The molecule has 0 aromatic heterocycles. The Morgan fingerprint density at radius 3 is 2.80 bits per heavy atom. The zero-order valence-electron chi connectivity index (χ0n) is 8.71. The Labute approximate surface area is 94.4 Å². The smallest absolute Gasteiger partial charge is 0.141 e. The van der Waals surface area contributed by atoms with Crippen LogP contribution in [0.5, 0.6) is 0 Å². The molecule has 0 aliphatic heterocycles. The molecule has 0 saturated heterocycles. The Bertz CT molecular complexity index is 367. The summed E-state index contributed by atoms with van der Waals surface area (Å²) in [5, 5.41) is 0.184. The first-order valence-corrected chi connectivity index (χ1v) is 5.65. The third kappa shape index (κ3) is 2.50. The van der Waals surface area contributed by atoms with Gasteiger partial charge in [-0.05, 0) is 42.4 Å². The molecule has 3 unspecified atom stereocenters. The average Bonchev–Trinajstić information content (AvgIpc) is 2.89. The lowest BCUT2D eigenvalue weighted by molar-refractivity contribution is 0.559. The van der Waals surface area contributed by atoms with Crippen LogP contribution in [-0.4, -0.2) is 6.04 Å². The molecule has 1 aliphatic rings. The fourth-order valence-corrected chi connectivity index (χ4v) is 2.24. The van der Waals surface area contributed by atoms with E-state index >= 15 is 0 Å². The Morgan fingerprint density at radius 2 is 2.27 bits per heavy atom. The van der Waals surface area contributed by atoms with Crippen LogP contribution in [0.25, 0.3) is 0 Å². The van der Waals surface area contributed by atoms with Crippen LogP contribution in [0.1, 0.15) is 18.9 Å². The summed E-state index contributed by atoms with van der Waals surface area (Å²) in [7, 11) is 0. The maximum absolute atomic E-state index is 12.9. The normalized spacial score (nSPS) is 26.4. The molecule has 82 valence electrons. The highest BCUT2D eigenvalue weighted by molar-refractivity contribution is 6.30. The van der Waals surface area contributed by atoms with Crippen LogP contribution >= 0.6 is 11.6 Å². The van der Waals surface area contributed by atoms with Gasteiger partial charge in [-0.25, -0.2) is 4.39 Å². The van der Waals surface area contributed by atoms with Crippen molar-refractivity contribution in [2.45, 2.75) is 25.8 Å². The highest BCUT2D eigenvalue weighted by Crippen LogP contribution is 2.40. The molecule has 2 rings (SSSR count). The summed E-state index contributed by atoms with van der Waals surface area (Å²) < 4.78 is 12.9. The van der Waals surface area contributed by atoms with Gasteiger partial charge in [-0.2, -0.15) is 0 Å². The summed E-state index contributed by atoms with van der Waals surface area (Å²) >= 11 is 5.71. The number of benzene rings is 1. The van der Waals surface area contributed by atoms with Crippen LogP contribution in [0.2, 0.25) is 5.02 Å². The maximum atomic E-state index is 12.9. The maximum Gasteiger partial charge on any atom is 0.141 e. The van der Waals surface area contributed by atoms with Gasteiger partial charge >= 0.3 is 0 Å². The first-order chi connectivity index (χ1) is 7.08. The van der Waals surface area contributed by atoms with Crippen LogP contribution < -0.4 is 5.73 Å². The van der Waals surface area contributed by atoms with E-state index in [9.17, 15) is 4.39 Å². The van der Waals surface area contributed by atoms with Crippen LogP contribution in [0, 0.1) is 17.7 Å². The number of rotatable bonds is 3. The molecular formula is C12H15ClFN. The third-order valence-corrected chi connectivity index (χ3v) is 3.47. The molecule has 0 radical (unpaired) electrons. The summed E-state index contributed by atoms with van der Waals surface area (Å²) in [6.45, 7) is 2.21. The number of halogens is 2. The van der Waals surface area contributed by atoms with E-state index in [0.29, 0.717) is 5.92 Å². The van der Waals surface area contributed by atoms with E-state index in [1.807, 2.05) is 0 Å². The van der Waals surface area contributed by atoms with E-state index in [-0.39, 0.29) is 16.9 Å². The molecule has 0 spiro atoms. The summed E-state index contributed by atoms with van der Waals surface area (Å²) in [5.74, 6) is 1.01. The number of hydrogen-bond acceptors (Lipinski definition) is 1. The third-order valence-electron chi connectivity index (χ3n) is 3.18. The second kappa shape index (κ2) is 4.11. The summed E-state index contributed by atoms with van der Waals surface area (Å²) in [6.07, 6.45) is 2.01. The number of nitrogens with two attached hydrogens (primary N) is 1. The highest BCUT2D eigenvalue weighted by atomic mass is 35.5. The predicted octanol–water partition coefficient (Wildman–Crippen LogP) is 3.00. The van der Waals surface area contributed by atoms with Gasteiger partial charge in [-0.15, -0.1) is 0 Å². The minimum absolute atomic E-state index is 0.182. The molecule has 3 atom stereocenters. The average molecular weight is 228 g/mol. The predicted molar refractivity (Wildman–Crippen MR) is 60.4 cm³/mol. The molecule has 0 amide bonds. The fourth-order valence-electron chi connectivity index (χ4n) is 2.04. The molecule has 1 aromatic rings. The Morgan fingerprint density at radius 1 is 1.60 bits per heavy atom. The molecule has 15 heavy (non-hydrogen) atoms. The van der Waals surface area contributed by atoms with Crippen molar-refractivity contribution in [3.05, 3.63) is 34.6 Å². The molecule has 0 heterocycles. The Balaban J connectivity index is 2.01. The lowest BCUT2D eigenvalue weighted by Crippen LogP contribution is -2.25. The van der Waals surface area contributed by atoms with Crippen molar-refractivity contribution in [2.75, 3.05) is 0 Å². The molecule has 3 heteroatoms. The molecular weight excluding hydrogens is 213 g/mol. The number of hydrogen-bond donors (Lipinski definition) is 1. The molecule has 1 aliphatic carbocycles. The molecule has 0 bridgehead atoms. The lowest BCUT2D eigenvalue weighted by atomic mass is 10.0. The summed E-state index contributed by atoms with van der Waals surface area (Å²) in [6, 6.07) is 5.01. The first-order valence-electron chi connectivity index (χ1n) is 5.27. The van der Waals surface area contributed by atoms with Crippen molar-refractivity contribution in [3.63, 3.8) is 0 Å². The summed E-state index contributed by atoms with van der Waals surface area (Å²) in [4.78, 5) is 0. The van der Waals surface area contributed by atoms with Gasteiger partial charge in [-0.3, -0.25) is 0 Å². The van der Waals surface area contributed by atoms with E-state index in [1.165, 1.54) is 12.5 Å². The van der Waals surface area contributed by atoms with Crippen molar-refractivity contribution in [1.29, 1.82) is 0 Å². The monoisotopic (exact) mass is 227 g/mol. The molecule has 1 fully saturated rings. The van der Waals surface area contributed by atoms with Crippen LogP contribution in [0.4, 0.5) is 4.39 Å².